The Morgan fingerprint density at radius 1 is 1.36 bits per heavy atom. The third kappa shape index (κ3) is 1.67. The second-order valence-electron chi connectivity index (χ2n) is 2.79. The van der Waals surface area contributed by atoms with Crippen molar-refractivity contribution in [1.82, 2.24) is 10.2 Å². The maximum atomic E-state index is 8.88. The molecule has 0 fully saturated rings. The molecule has 5 nitrogen and oxygen atoms in total. The largest absolute Gasteiger partial charge is 0.488 e. The predicted molar refractivity (Wildman–Crippen MR) is 57.6 cm³/mol. The van der Waals surface area contributed by atoms with Gasteiger partial charge in [-0.15, -0.1) is 12.4 Å². The number of hydrogen-bond donors (Lipinski definition) is 4. The lowest BCUT2D eigenvalue weighted by Gasteiger charge is -1.97. The van der Waals surface area contributed by atoms with E-state index >= 15 is 0 Å². The van der Waals surface area contributed by atoms with E-state index in [-0.39, 0.29) is 12.4 Å². The van der Waals surface area contributed by atoms with Crippen molar-refractivity contribution < 1.29 is 10.0 Å². The van der Waals surface area contributed by atoms with Crippen molar-refractivity contribution >= 4 is 41.7 Å². The molecule has 74 valence electrons. The highest BCUT2D eigenvalue weighted by atomic mass is 35.5. The smallest absolute Gasteiger partial charge is 0.423 e. The molecule has 0 saturated heterocycles. The van der Waals surface area contributed by atoms with Crippen LogP contribution in [-0.2, 0) is 0 Å². The van der Waals surface area contributed by atoms with Gasteiger partial charge in [0.2, 0.25) is 0 Å². The van der Waals surface area contributed by atoms with Crippen molar-refractivity contribution in [2.24, 2.45) is 0 Å². The number of nitrogens with zero attached hydrogens (tertiary/aromatic N) is 1. The zero-order valence-electron chi connectivity index (χ0n) is 7.14. The van der Waals surface area contributed by atoms with Crippen LogP contribution < -0.4 is 11.2 Å². The molecule has 7 heteroatoms. The van der Waals surface area contributed by atoms with Crippen LogP contribution in [0.1, 0.15) is 0 Å². The number of anilines is 1. The number of rotatable bonds is 1. The minimum absolute atomic E-state index is 0. The van der Waals surface area contributed by atoms with Crippen LogP contribution in [0, 0.1) is 0 Å². The lowest BCUT2D eigenvalue weighted by atomic mass is 9.80. The van der Waals surface area contributed by atoms with Gasteiger partial charge in [0.1, 0.15) is 0 Å². The Kier molecular flexibility index (Phi) is 3.00. The summed E-state index contributed by atoms with van der Waals surface area (Å²) in [6, 6.07) is 4.89. The Hall–Kier alpha value is -1.24. The molecule has 0 amide bonds. The molecule has 0 radical (unpaired) electrons. The van der Waals surface area contributed by atoms with Gasteiger partial charge >= 0.3 is 7.12 Å². The van der Waals surface area contributed by atoms with Gasteiger partial charge in [0, 0.05) is 5.39 Å². The summed E-state index contributed by atoms with van der Waals surface area (Å²) in [5.74, 6) is 0.411. The van der Waals surface area contributed by atoms with E-state index < -0.39 is 7.12 Å². The molecule has 0 aliphatic carbocycles. The fourth-order valence-corrected chi connectivity index (χ4v) is 1.22. The molecule has 2 aromatic rings. The molecule has 0 unspecified atom stereocenters. The van der Waals surface area contributed by atoms with Gasteiger partial charge in [-0.2, -0.15) is 5.10 Å². The van der Waals surface area contributed by atoms with E-state index in [0.717, 1.165) is 5.39 Å². The highest BCUT2D eigenvalue weighted by Crippen LogP contribution is 2.15. The van der Waals surface area contributed by atoms with Crippen LogP contribution in [0.3, 0.4) is 0 Å². The summed E-state index contributed by atoms with van der Waals surface area (Å²) < 4.78 is 0. The fourth-order valence-electron chi connectivity index (χ4n) is 1.22. The van der Waals surface area contributed by atoms with Crippen LogP contribution >= 0.6 is 12.4 Å². The molecule has 0 atom stereocenters. The van der Waals surface area contributed by atoms with Crippen molar-refractivity contribution in [2.75, 3.05) is 5.73 Å². The van der Waals surface area contributed by atoms with Crippen LogP contribution in [0.5, 0.6) is 0 Å². The van der Waals surface area contributed by atoms with E-state index in [1.54, 1.807) is 18.2 Å². The van der Waals surface area contributed by atoms with E-state index in [1.165, 1.54) is 0 Å². The molecule has 0 aliphatic rings. The van der Waals surface area contributed by atoms with Gasteiger partial charge in [0.25, 0.3) is 0 Å². The third-order valence-electron chi connectivity index (χ3n) is 1.91. The lowest BCUT2D eigenvalue weighted by molar-refractivity contribution is 0.426. The number of benzene rings is 1. The molecular formula is C7H9BClN3O2. The standard InChI is InChI=1S/C7H8BN3O2.ClH/c9-7-5-2-1-4(8(12)13)3-6(5)10-11-7;/h1-3,12-13H,(H3,9,10,11);1H. The monoisotopic (exact) mass is 213 g/mol. The molecule has 0 bridgehead atoms. The van der Waals surface area contributed by atoms with Crippen molar-refractivity contribution in [3.63, 3.8) is 0 Å². The van der Waals surface area contributed by atoms with E-state index in [1.807, 2.05) is 0 Å². The minimum Gasteiger partial charge on any atom is -0.423 e. The summed E-state index contributed by atoms with van der Waals surface area (Å²) in [5.41, 5.74) is 6.65. The molecule has 0 aliphatic heterocycles. The van der Waals surface area contributed by atoms with Gasteiger partial charge in [0.05, 0.1) is 5.52 Å². The van der Waals surface area contributed by atoms with Gasteiger partial charge in [-0.3, -0.25) is 5.10 Å². The first-order valence-electron chi connectivity index (χ1n) is 3.78. The number of nitrogen functional groups attached to an aromatic ring is 1. The first-order chi connectivity index (χ1) is 6.18. The van der Waals surface area contributed by atoms with Crippen LogP contribution in [0.4, 0.5) is 5.82 Å². The maximum Gasteiger partial charge on any atom is 0.488 e. The van der Waals surface area contributed by atoms with Gasteiger partial charge in [-0.1, -0.05) is 6.07 Å². The Bertz CT molecular complexity index is 445. The van der Waals surface area contributed by atoms with Crippen molar-refractivity contribution in [3.05, 3.63) is 18.2 Å². The van der Waals surface area contributed by atoms with Crippen molar-refractivity contribution in [1.29, 1.82) is 0 Å². The first kappa shape index (κ1) is 10.8. The molecule has 1 aromatic heterocycles. The van der Waals surface area contributed by atoms with E-state index in [4.69, 9.17) is 15.8 Å². The average Bonchev–Trinajstić information content (AvgIpc) is 2.47. The zero-order valence-corrected chi connectivity index (χ0v) is 7.95. The molecule has 1 heterocycles. The van der Waals surface area contributed by atoms with Crippen molar-refractivity contribution in [2.45, 2.75) is 0 Å². The number of halogens is 1. The van der Waals surface area contributed by atoms with E-state index in [0.29, 0.717) is 16.8 Å². The summed E-state index contributed by atoms with van der Waals surface area (Å²) in [7, 11) is -1.46. The van der Waals surface area contributed by atoms with Crippen LogP contribution in [-0.4, -0.2) is 27.4 Å². The van der Waals surface area contributed by atoms with Crippen LogP contribution in [0.15, 0.2) is 18.2 Å². The Morgan fingerprint density at radius 3 is 2.71 bits per heavy atom. The van der Waals surface area contributed by atoms with Gasteiger partial charge in [0.15, 0.2) is 5.82 Å². The highest BCUT2D eigenvalue weighted by Gasteiger charge is 2.12. The quantitative estimate of drug-likeness (QED) is 0.469. The topological polar surface area (TPSA) is 95.2 Å². The second kappa shape index (κ2) is 3.87. The number of aromatic amines is 1. The lowest BCUT2D eigenvalue weighted by Crippen LogP contribution is -2.29. The van der Waals surface area contributed by atoms with Crippen molar-refractivity contribution in [3.8, 4) is 0 Å². The summed E-state index contributed by atoms with van der Waals surface area (Å²) >= 11 is 0. The highest BCUT2D eigenvalue weighted by molar-refractivity contribution is 6.58. The minimum atomic E-state index is -1.46. The summed E-state index contributed by atoms with van der Waals surface area (Å²) in [5, 5.41) is 25.0. The SMILES string of the molecule is Cl.Nc1n[nH]c2cc(B(O)O)ccc12. The molecule has 0 spiro atoms. The number of hydrogen-bond acceptors (Lipinski definition) is 4. The Balaban J connectivity index is 0.000000980. The Morgan fingerprint density at radius 2 is 2.07 bits per heavy atom. The number of nitrogens with two attached hydrogens (primary N) is 1. The van der Waals surface area contributed by atoms with Gasteiger partial charge in [-0.25, -0.2) is 0 Å². The molecule has 1 aromatic carbocycles. The zero-order chi connectivity index (χ0) is 9.42. The molecule has 14 heavy (non-hydrogen) atoms. The molecular weight excluding hydrogens is 204 g/mol. The molecule has 5 N–H and O–H groups in total. The Labute approximate surface area is 86.5 Å². The summed E-state index contributed by atoms with van der Waals surface area (Å²) in [6.45, 7) is 0. The number of fused-ring (bicyclic) bond motifs is 1. The first-order valence-corrected chi connectivity index (χ1v) is 3.78. The fraction of sp³-hybridized carbons (Fsp3) is 0. The van der Waals surface area contributed by atoms with Crippen LogP contribution in [0.25, 0.3) is 10.9 Å². The van der Waals surface area contributed by atoms with Gasteiger partial charge in [-0.05, 0) is 17.6 Å². The molecule has 2 rings (SSSR count). The second-order valence-corrected chi connectivity index (χ2v) is 2.79. The third-order valence-corrected chi connectivity index (χ3v) is 1.91. The maximum absolute atomic E-state index is 8.88. The van der Waals surface area contributed by atoms with E-state index in [2.05, 4.69) is 10.2 Å². The summed E-state index contributed by atoms with van der Waals surface area (Å²) in [4.78, 5) is 0. The number of aromatic nitrogens is 2. The normalized spacial score (nSPS) is 9.86. The van der Waals surface area contributed by atoms with Gasteiger partial charge < -0.3 is 15.8 Å². The predicted octanol–water partition coefficient (Wildman–Crippen LogP) is -0.753. The number of H-pyrrole nitrogens is 1. The summed E-state index contributed by atoms with van der Waals surface area (Å²) in [6.07, 6.45) is 0. The average molecular weight is 213 g/mol. The molecule has 0 saturated carbocycles. The van der Waals surface area contributed by atoms with E-state index in [9.17, 15) is 0 Å². The number of nitrogens with one attached hydrogen (secondary N) is 1. The van der Waals surface area contributed by atoms with Crippen LogP contribution in [0.2, 0.25) is 0 Å².